The average molecular weight is 243 g/mol. The fraction of sp³-hybridized carbons (Fsp3) is 0.500. The molecule has 2 nitrogen and oxygen atoms in total. The van der Waals surface area contributed by atoms with Gasteiger partial charge in [0.15, 0.2) is 0 Å². The van der Waals surface area contributed by atoms with Crippen molar-refractivity contribution in [3.63, 3.8) is 0 Å². The Morgan fingerprint density at radius 2 is 2.15 bits per heavy atom. The molecule has 1 rings (SSSR count). The second kappa shape index (κ2) is 4.20. The molecule has 3 heteroatoms. The number of rotatable bonds is 3. The van der Waals surface area contributed by atoms with E-state index in [0.717, 1.165) is 11.0 Å². The smallest absolute Gasteiger partial charge is 0.106 e. The molecule has 0 unspecified atom stereocenters. The minimum absolute atomic E-state index is 0.134. The highest BCUT2D eigenvalue weighted by molar-refractivity contribution is 9.10. The van der Waals surface area contributed by atoms with Gasteiger partial charge in [0.25, 0.3) is 0 Å². The van der Waals surface area contributed by atoms with Crippen LogP contribution in [-0.2, 0) is 6.42 Å². The van der Waals surface area contributed by atoms with Crippen LogP contribution < -0.4 is 5.32 Å². The molecular formula is C10H15BrN2. The van der Waals surface area contributed by atoms with E-state index in [9.17, 15) is 0 Å². The predicted molar refractivity (Wildman–Crippen MR) is 58.8 cm³/mol. The molecule has 0 amide bonds. The van der Waals surface area contributed by atoms with E-state index in [0.29, 0.717) is 0 Å². The molecule has 0 saturated heterocycles. The van der Waals surface area contributed by atoms with Crippen molar-refractivity contribution >= 4 is 15.9 Å². The summed E-state index contributed by atoms with van der Waals surface area (Å²) in [6, 6.07) is 4.07. The van der Waals surface area contributed by atoms with Crippen molar-refractivity contribution in [3.8, 4) is 0 Å². The quantitative estimate of drug-likeness (QED) is 0.824. The third-order valence-electron chi connectivity index (χ3n) is 2.11. The summed E-state index contributed by atoms with van der Waals surface area (Å²) in [5, 5.41) is 3.26. The third-order valence-corrected chi connectivity index (χ3v) is 2.58. The predicted octanol–water partition coefficient (Wildman–Crippen LogP) is 2.38. The molecular weight excluding hydrogens is 228 g/mol. The Balaban J connectivity index is 2.69. The molecule has 0 bridgehead atoms. The zero-order chi connectivity index (χ0) is 9.90. The zero-order valence-corrected chi connectivity index (χ0v) is 9.85. The maximum absolute atomic E-state index is 4.19. The molecule has 0 aliphatic carbocycles. The first-order valence-corrected chi connectivity index (χ1v) is 5.12. The van der Waals surface area contributed by atoms with Gasteiger partial charge in [-0.05, 0) is 54.9 Å². The summed E-state index contributed by atoms with van der Waals surface area (Å²) in [7, 11) is 1.98. The fourth-order valence-corrected chi connectivity index (χ4v) is 1.34. The minimum Gasteiger partial charge on any atom is -0.314 e. The molecule has 0 atom stereocenters. The number of hydrogen-bond donors (Lipinski definition) is 1. The third kappa shape index (κ3) is 3.44. The molecule has 13 heavy (non-hydrogen) atoms. The van der Waals surface area contributed by atoms with Gasteiger partial charge in [-0.3, -0.25) is 0 Å². The van der Waals surface area contributed by atoms with Crippen molar-refractivity contribution in [2.75, 3.05) is 7.05 Å². The molecule has 1 aromatic rings. The Morgan fingerprint density at radius 3 is 2.62 bits per heavy atom. The fourth-order valence-electron chi connectivity index (χ4n) is 1.11. The maximum Gasteiger partial charge on any atom is 0.106 e. The zero-order valence-electron chi connectivity index (χ0n) is 8.26. The summed E-state index contributed by atoms with van der Waals surface area (Å²) < 4.78 is 0.888. The van der Waals surface area contributed by atoms with Crippen molar-refractivity contribution in [2.24, 2.45) is 0 Å². The number of nitrogens with one attached hydrogen (secondary N) is 1. The molecule has 1 heterocycles. The van der Waals surface area contributed by atoms with E-state index >= 15 is 0 Å². The summed E-state index contributed by atoms with van der Waals surface area (Å²) in [6.07, 6.45) is 2.90. The normalized spacial score (nSPS) is 11.7. The number of halogens is 1. The van der Waals surface area contributed by atoms with Crippen molar-refractivity contribution in [1.82, 2.24) is 10.3 Å². The number of likely N-dealkylation sites (N-methyl/N-ethyl adjacent to an activating group) is 1. The molecule has 0 aromatic carbocycles. The number of pyridine rings is 1. The number of hydrogen-bond acceptors (Lipinski definition) is 2. The molecule has 0 saturated carbocycles. The van der Waals surface area contributed by atoms with E-state index < -0.39 is 0 Å². The van der Waals surface area contributed by atoms with Crippen molar-refractivity contribution in [3.05, 3.63) is 28.5 Å². The highest BCUT2D eigenvalue weighted by Crippen LogP contribution is 2.13. The first-order valence-electron chi connectivity index (χ1n) is 4.33. The van der Waals surface area contributed by atoms with E-state index in [1.807, 2.05) is 19.3 Å². The molecule has 72 valence electrons. The van der Waals surface area contributed by atoms with Crippen LogP contribution in [-0.4, -0.2) is 17.6 Å². The lowest BCUT2D eigenvalue weighted by Crippen LogP contribution is -2.38. The van der Waals surface area contributed by atoms with Crippen LogP contribution in [0.25, 0.3) is 0 Å². The lowest BCUT2D eigenvalue weighted by molar-refractivity contribution is 0.421. The second-order valence-corrected chi connectivity index (χ2v) is 4.61. The van der Waals surface area contributed by atoms with Gasteiger partial charge in [0.05, 0.1) is 0 Å². The molecule has 0 spiro atoms. The van der Waals surface area contributed by atoms with Crippen LogP contribution in [0.5, 0.6) is 0 Å². The Hall–Kier alpha value is -0.410. The minimum atomic E-state index is 0.134. The van der Waals surface area contributed by atoms with Gasteiger partial charge in [-0.25, -0.2) is 4.98 Å². The molecule has 0 radical (unpaired) electrons. The van der Waals surface area contributed by atoms with Gasteiger partial charge >= 0.3 is 0 Å². The van der Waals surface area contributed by atoms with Gasteiger partial charge in [0.2, 0.25) is 0 Å². The average Bonchev–Trinajstić information content (AvgIpc) is 2.09. The van der Waals surface area contributed by atoms with E-state index in [2.05, 4.69) is 46.1 Å². The molecule has 0 aliphatic rings. The van der Waals surface area contributed by atoms with Gasteiger partial charge in [-0.2, -0.15) is 0 Å². The first-order chi connectivity index (χ1) is 6.03. The Kier molecular flexibility index (Phi) is 3.45. The lowest BCUT2D eigenvalue weighted by atomic mass is 9.96. The molecule has 1 aromatic heterocycles. The highest BCUT2D eigenvalue weighted by Gasteiger charge is 2.14. The Morgan fingerprint density at radius 1 is 1.46 bits per heavy atom. The van der Waals surface area contributed by atoms with E-state index in [1.165, 1.54) is 5.56 Å². The molecule has 1 N–H and O–H groups in total. The monoisotopic (exact) mass is 242 g/mol. The van der Waals surface area contributed by atoms with Crippen LogP contribution in [0.2, 0.25) is 0 Å². The highest BCUT2D eigenvalue weighted by atomic mass is 79.9. The summed E-state index contributed by atoms with van der Waals surface area (Å²) in [6.45, 7) is 4.35. The van der Waals surface area contributed by atoms with Gasteiger partial charge in [-0.1, -0.05) is 6.07 Å². The van der Waals surface area contributed by atoms with Gasteiger partial charge in [0, 0.05) is 11.7 Å². The van der Waals surface area contributed by atoms with Crippen LogP contribution in [0.15, 0.2) is 22.9 Å². The van der Waals surface area contributed by atoms with E-state index in [1.54, 1.807) is 0 Å². The summed E-state index contributed by atoms with van der Waals surface area (Å²) in [5.74, 6) is 0. The standard InChI is InChI=1S/C10H15BrN2/c1-10(2,12-3)6-8-4-5-9(11)13-7-8/h4-5,7,12H,6H2,1-3H3. The summed E-state index contributed by atoms with van der Waals surface area (Å²) >= 11 is 3.32. The van der Waals surface area contributed by atoms with Gasteiger partial charge < -0.3 is 5.32 Å². The maximum atomic E-state index is 4.19. The largest absolute Gasteiger partial charge is 0.314 e. The van der Waals surface area contributed by atoms with Crippen LogP contribution >= 0.6 is 15.9 Å². The van der Waals surface area contributed by atoms with Crippen LogP contribution in [0.1, 0.15) is 19.4 Å². The molecule has 0 fully saturated rings. The van der Waals surface area contributed by atoms with Crippen LogP contribution in [0.3, 0.4) is 0 Å². The number of nitrogens with zero attached hydrogens (tertiary/aromatic N) is 1. The lowest BCUT2D eigenvalue weighted by Gasteiger charge is -2.23. The SMILES string of the molecule is CNC(C)(C)Cc1ccc(Br)nc1. The Labute approximate surface area is 87.9 Å². The number of aromatic nitrogens is 1. The second-order valence-electron chi connectivity index (χ2n) is 3.80. The van der Waals surface area contributed by atoms with Crippen molar-refractivity contribution < 1.29 is 0 Å². The van der Waals surface area contributed by atoms with Crippen LogP contribution in [0, 0.1) is 0 Å². The van der Waals surface area contributed by atoms with Crippen molar-refractivity contribution in [2.45, 2.75) is 25.8 Å². The van der Waals surface area contributed by atoms with E-state index in [4.69, 9.17) is 0 Å². The molecule has 0 aliphatic heterocycles. The topological polar surface area (TPSA) is 24.9 Å². The Bertz CT molecular complexity index is 267. The van der Waals surface area contributed by atoms with E-state index in [-0.39, 0.29) is 5.54 Å². The van der Waals surface area contributed by atoms with Gasteiger partial charge in [-0.15, -0.1) is 0 Å². The van der Waals surface area contributed by atoms with Crippen molar-refractivity contribution in [1.29, 1.82) is 0 Å². The van der Waals surface area contributed by atoms with Crippen LogP contribution in [0.4, 0.5) is 0 Å². The summed E-state index contributed by atoms with van der Waals surface area (Å²) in [4.78, 5) is 4.19. The van der Waals surface area contributed by atoms with Gasteiger partial charge in [0.1, 0.15) is 4.60 Å². The summed E-state index contributed by atoms with van der Waals surface area (Å²) in [5.41, 5.74) is 1.39. The first kappa shape index (κ1) is 10.7.